The van der Waals surface area contributed by atoms with E-state index in [1.807, 2.05) is 20.8 Å². The maximum atomic E-state index is 13.6. The number of aliphatic hydroxyl groups is 1. The highest BCUT2D eigenvalue weighted by molar-refractivity contribution is 7.89. The molecule has 0 unspecified atom stereocenters. The Labute approximate surface area is 218 Å². The first-order chi connectivity index (χ1) is 17.4. The summed E-state index contributed by atoms with van der Waals surface area (Å²) in [6.07, 6.45) is -0.544. The molecule has 3 rings (SSSR count). The van der Waals surface area contributed by atoms with E-state index in [9.17, 15) is 22.7 Å². The number of hydrogen-bond acceptors (Lipinski definition) is 5. The summed E-state index contributed by atoms with van der Waals surface area (Å²) in [5.74, 6) is 5.21. The molecule has 8 nitrogen and oxygen atoms in total. The average molecular weight is 532 g/mol. The Morgan fingerprint density at radius 1 is 1.22 bits per heavy atom. The summed E-state index contributed by atoms with van der Waals surface area (Å²) in [5, 5.41) is 12.6. The van der Waals surface area contributed by atoms with Crippen LogP contribution in [0.2, 0.25) is 0 Å². The van der Waals surface area contributed by atoms with E-state index in [4.69, 9.17) is 4.74 Å². The van der Waals surface area contributed by atoms with Crippen LogP contribution in [0.1, 0.15) is 38.8 Å². The Hall–Kier alpha value is -3.13. The van der Waals surface area contributed by atoms with Crippen molar-refractivity contribution < 1.29 is 27.4 Å². The van der Waals surface area contributed by atoms with Crippen molar-refractivity contribution in [1.82, 2.24) is 14.5 Å². The van der Waals surface area contributed by atoms with Crippen LogP contribution in [-0.4, -0.2) is 73.7 Å². The van der Waals surface area contributed by atoms with Gasteiger partial charge in [-0.05, 0) is 57.2 Å². The van der Waals surface area contributed by atoms with Gasteiger partial charge in [0.05, 0.1) is 13.2 Å². The van der Waals surface area contributed by atoms with Crippen molar-refractivity contribution in [2.75, 3.05) is 26.7 Å². The Bertz CT molecular complexity index is 1290. The highest BCUT2D eigenvalue weighted by atomic mass is 32.2. The Kier molecular flexibility index (Phi) is 9.18. The van der Waals surface area contributed by atoms with E-state index in [2.05, 4.69) is 17.2 Å². The van der Waals surface area contributed by atoms with Crippen molar-refractivity contribution in [2.45, 2.75) is 50.8 Å². The maximum Gasteiger partial charge on any atom is 0.317 e. The quantitative estimate of drug-likeness (QED) is 0.578. The average Bonchev–Trinajstić information content (AvgIpc) is 2.83. The lowest BCUT2D eigenvalue weighted by Crippen LogP contribution is -2.51. The third-order valence-electron chi connectivity index (χ3n) is 6.06. The van der Waals surface area contributed by atoms with E-state index in [0.717, 1.165) is 0 Å². The van der Waals surface area contributed by atoms with Crippen LogP contribution in [0.4, 0.5) is 9.18 Å². The number of carbonyl (C=O) groups is 1. The molecule has 0 spiro atoms. The number of hydrogen-bond donors (Lipinski definition) is 2. The normalized spacial score (nSPS) is 19.9. The van der Waals surface area contributed by atoms with Gasteiger partial charge >= 0.3 is 6.03 Å². The minimum atomic E-state index is -4.00. The van der Waals surface area contributed by atoms with Crippen molar-refractivity contribution in [3.63, 3.8) is 0 Å². The van der Waals surface area contributed by atoms with Crippen molar-refractivity contribution in [3.8, 4) is 17.6 Å². The summed E-state index contributed by atoms with van der Waals surface area (Å²) in [5.41, 5.74) is 0.963. The van der Waals surface area contributed by atoms with Gasteiger partial charge in [-0.25, -0.2) is 17.6 Å². The number of urea groups is 1. The van der Waals surface area contributed by atoms with Crippen LogP contribution in [0.15, 0.2) is 47.4 Å². The summed E-state index contributed by atoms with van der Waals surface area (Å²) in [6, 6.07) is 9.44. The monoisotopic (exact) mass is 531 g/mol. The van der Waals surface area contributed by atoms with E-state index in [-0.39, 0.29) is 48.3 Å². The fraction of sp³-hybridized carbons (Fsp3) is 0.444. The van der Waals surface area contributed by atoms with Gasteiger partial charge in [0.15, 0.2) is 0 Å². The van der Waals surface area contributed by atoms with E-state index in [1.165, 1.54) is 27.4 Å². The van der Waals surface area contributed by atoms with Gasteiger partial charge in [-0.3, -0.25) is 0 Å². The van der Waals surface area contributed by atoms with E-state index in [1.54, 1.807) is 38.2 Å². The lowest BCUT2D eigenvalue weighted by molar-refractivity contribution is 0.0809. The summed E-state index contributed by atoms with van der Waals surface area (Å²) in [4.78, 5) is 14.0. The zero-order chi connectivity index (χ0) is 27.3. The molecule has 3 atom stereocenters. The van der Waals surface area contributed by atoms with E-state index in [0.29, 0.717) is 11.1 Å². The molecule has 0 saturated carbocycles. The number of ether oxygens (including phenoxy) is 1. The molecule has 200 valence electrons. The Balaban J connectivity index is 2.03. The predicted molar refractivity (Wildman–Crippen MR) is 139 cm³/mol. The van der Waals surface area contributed by atoms with Crippen molar-refractivity contribution in [2.24, 2.45) is 5.92 Å². The predicted octanol–water partition coefficient (Wildman–Crippen LogP) is 3.04. The van der Waals surface area contributed by atoms with Crippen LogP contribution in [-0.2, 0) is 10.0 Å². The van der Waals surface area contributed by atoms with Gasteiger partial charge in [0.2, 0.25) is 10.0 Å². The number of aliphatic hydroxyl groups excluding tert-OH is 1. The molecule has 0 radical (unpaired) electrons. The number of nitrogens with one attached hydrogen (secondary N) is 1. The molecule has 0 aliphatic carbocycles. The number of likely N-dealkylation sites (N-methyl/N-ethyl adjacent to an activating group) is 1. The first kappa shape index (κ1) is 28.4. The highest BCUT2D eigenvalue weighted by Crippen LogP contribution is 2.34. The number of carbonyl (C=O) groups excluding carboxylic acids is 1. The molecule has 1 aliphatic heterocycles. The largest absolute Gasteiger partial charge is 0.487 e. The molecule has 0 aromatic heterocycles. The van der Waals surface area contributed by atoms with Crippen molar-refractivity contribution in [3.05, 3.63) is 59.4 Å². The molecule has 0 bridgehead atoms. The molecule has 1 aliphatic rings. The first-order valence-electron chi connectivity index (χ1n) is 12.1. The highest BCUT2D eigenvalue weighted by Gasteiger charge is 2.38. The second-order valence-corrected chi connectivity index (χ2v) is 11.5. The number of rotatable bonds is 5. The molecule has 10 heteroatoms. The third-order valence-corrected chi connectivity index (χ3v) is 8.08. The van der Waals surface area contributed by atoms with Crippen LogP contribution in [0.25, 0.3) is 0 Å². The lowest BCUT2D eigenvalue weighted by atomic mass is 10.0. The van der Waals surface area contributed by atoms with Crippen LogP contribution in [0.3, 0.4) is 0 Å². The summed E-state index contributed by atoms with van der Waals surface area (Å²) in [6.45, 7) is 7.19. The first-order valence-corrected chi connectivity index (χ1v) is 13.6. The maximum absolute atomic E-state index is 13.6. The van der Waals surface area contributed by atoms with Gasteiger partial charge in [0.1, 0.15) is 22.6 Å². The Morgan fingerprint density at radius 3 is 2.51 bits per heavy atom. The van der Waals surface area contributed by atoms with Crippen LogP contribution in [0, 0.1) is 23.6 Å². The number of nitrogens with zero attached hydrogens (tertiary/aromatic N) is 2. The number of halogens is 1. The molecule has 2 aromatic rings. The molecule has 1 heterocycles. The molecule has 0 saturated heterocycles. The minimum Gasteiger partial charge on any atom is -0.487 e. The molecule has 2 aromatic carbocycles. The van der Waals surface area contributed by atoms with Gasteiger partial charge < -0.3 is 20.1 Å². The van der Waals surface area contributed by atoms with Gasteiger partial charge in [-0.1, -0.05) is 24.8 Å². The summed E-state index contributed by atoms with van der Waals surface area (Å²) >= 11 is 0. The summed E-state index contributed by atoms with van der Waals surface area (Å²) < 4.78 is 48.2. The van der Waals surface area contributed by atoms with E-state index < -0.39 is 28.0 Å². The van der Waals surface area contributed by atoms with Gasteiger partial charge in [-0.15, -0.1) is 0 Å². The molecule has 0 fully saturated rings. The third kappa shape index (κ3) is 7.01. The molecule has 2 N–H and O–H groups in total. The van der Waals surface area contributed by atoms with Gasteiger partial charge in [0.25, 0.3) is 0 Å². The number of fused-ring (bicyclic) bond motifs is 1. The molecule has 37 heavy (non-hydrogen) atoms. The standard InChI is InChI=1S/C27H34FN3O5S/c1-18(2)29-27(33)30(5)16-25-19(3)15-31(20(4)17-32)37(34,35)26-12-11-22(14-24(26)36-25)10-9-21-7-6-8-23(28)13-21/h6-8,11-14,18-20,25,32H,15-17H2,1-5H3,(H,29,33)/t19-,20-,25+/m0/s1. The van der Waals surface area contributed by atoms with E-state index >= 15 is 0 Å². The topological polar surface area (TPSA) is 99.2 Å². The lowest BCUT2D eigenvalue weighted by Gasteiger charge is -2.37. The van der Waals surface area contributed by atoms with Crippen molar-refractivity contribution in [1.29, 1.82) is 0 Å². The summed E-state index contributed by atoms with van der Waals surface area (Å²) in [7, 11) is -2.35. The van der Waals surface area contributed by atoms with Crippen LogP contribution < -0.4 is 10.1 Å². The zero-order valence-corrected chi connectivity index (χ0v) is 22.5. The second-order valence-electron chi connectivity index (χ2n) is 9.65. The fourth-order valence-electron chi connectivity index (χ4n) is 3.94. The number of benzene rings is 2. The van der Waals surface area contributed by atoms with Crippen molar-refractivity contribution >= 4 is 16.1 Å². The van der Waals surface area contributed by atoms with Gasteiger partial charge in [-0.2, -0.15) is 4.31 Å². The second kappa shape index (κ2) is 11.9. The molecular weight excluding hydrogens is 497 g/mol. The fourth-order valence-corrected chi connectivity index (χ4v) is 5.77. The SMILES string of the molecule is CC(C)NC(=O)N(C)C[C@H]1Oc2cc(C#Cc3cccc(F)c3)ccc2S(=O)(=O)N([C@@H](C)CO)C[C@@H]1C. The minimum absolute atomic E-state index is 0.0448. The van der Waals surface area contributed by atoms with Gasteiger partial charge in [0, 0.05) is 42.7 Å². The Morgan fingerprint density at radius 2 is 1.89 bits per heavy atom. The number of sulfonamides is 1. The molecular formula is C27H34FN3O5S. The van der Waals surface area contributed by atoms with Crippen LogP contribution in [0.5, 0.6) is 5.75 Å². The molecule has 2 amide bonds. The smallest absolute Gasteiger partial charge is 0.317 e. The number of amides is 2. The zero-order valence-electron chi connectivity index (χ0n) is 21.7. The van der Waals surface area contributed by atoms with Crippen LogP contribution >= 0.6 is 0 Å².